The van der Waals surface area contributed by atoms with Gasteiger partial charge in [0, 0.05) is 17.6 Å². The van der Waals surface area contributed by atoms with Crippen molar-refractivity contribution in [3.8, 4) is 0 Å². The Morgan fingerprint density at radius 1 is 1.44 bits per heavy atom. The van der Waals surface area contributed by atoms with Gasteiger partial charge in [-0.05, 0) is 33.7 Å². The minimum Gasteiger partial charge on any atom is -0.369 e. The number of nitrogen functional groups attached to an aromatic ring is 1. The smallest absolute Gasteiger partial charge is 0.201 e. The maximum absolute atomic E-state index is 5.99. The second-order valence-corrected chi connectivity index (χ2v) is 5.52. The molecule has 0 unspecified atom stereocenters. The number of hydrogen-bond acceptors (Lipinski definition) is 4. The zero-order chi connectivity index (χ0) is 11.9. The van der Waals surface area contributed by atoms with Crippen LogP contribution in [0.4, 0.5) is 5.95 Å². The predicted octanol–water partition coefficient (Wildman–Crippen LogP) is 1.60. The Hall–Kier alpha value is -0.940. The van der Waals surface area contributed by atoms with Crippen LogP contribution in [0.15, 0.2) is 0 Å². The Morgan fingerprint density at radius 3 is 2.75 bits per heavy atom. The van der Waals surface area contributed by atoms with Crippen molar-refractivity contribution in [3.63, 3.8) is 0 Å². The van der Waals surface area contributed by atoms with Crippen LogP contribution in [-0.2, 0) is 18.5 Å². The van der Waals surface area contributed by atoms with Gasteiger partial charge in [-0.3, -0.25) is 4.57 Å². The van der Waals surface area contributed by atoms with Gasteiger partial charge >= 0.3 is 0 Å². The SMILES string of the molecule is CC(C)(C)n1c(N)nc2c(c1=S)CCNC2. The highest BCUT2D eigenvalue weighted by atomic mass is 32.1. The summed E-state index contributed by atoms with van der Waals surface area (Å²) in [4.78, 5) is 4.45. The highest BCUT2D eigenvalue weighted by Gasteiger charge is 2.21. The number of fused-ring (bicyclic) bond motifs is 1. The van der Waals surface area contributed by atoms with Crippen LogP contribution in [0.3, 0.4) is 0 Å². The molecule has 0 aromatic carbocycles. The Balaban J connectivity index is 2.69. The Bertz CT molecular complexity index is 470. The third-order valence-electron chi connectivity index (χ3n) is 2.80. The minimum atomic E-state index is -0.117. The van der Waals surface area contributed by atoms with E-state index in [2.05, 4.69) is 31.1 Å². The number of hydrogen-bond donors (Lipinski definition) is 2. The van der Waals surface area contributed by atoms with Crippen LogP contribution >= 0.6 is 12.2 Å². The molecule has 4 nitrogen and oxygen atoms in total. The number of anilines is 1. The first kappa shape index (κ1) is 11.5. The minimum absolute atomic E-state index is 0.117. The van der Waals surface area contributed by atoms with E-state index in [1.165, 1.54) is 5.56 Å². The van der Waals surface area contributed by atoms with Crippen molar-refractivity contribution in [2.24, 2.45) is 0 Å². The van der Waals surface area contributed by atoms with E-state index < -0.39 is 0 Å². The molecule has 1 aromatic rings. The number of nitrogens with zero attached hydrogens (tertiary/aromatic N) is 2. The zero-order valence-electron chi connectivity index (χ0n) is 10.0. The fourth-order valence-corrected chi connectivity index (χ4v) is 2.67. The van der Waals surface area contributed by atoms with E-state index in [0.29, 0.717) is 5.95 Å². The first-order valence-corrected chi connectivity index (χ1v) is 5.93. The molecule has 16 heavy (non-hydrogen) atoms. The van der Waals surface area contributed by atoms with Crippen LogP contribution in [0.2, 0.25) is 0 Å². The molecule has 2 rings (SSSR count). The summed E-state index contributed by atoms with van der Waals surface area (Å²) in [5.74, 6) is 0.514. The lowest BCUT2D eigenvalue weighted by molar-refractivity contribution is 0.387. The summed E-state index contributed by atoms with van der Waals surface area (Å²) in [6.07, 6.45) is 0.942. The quantitative estimate of drug-likeness (QED) is 0.674. The molecule has 88 valence electrons. The van der Waals surface area contributed by atoms with Gasteiger partial charge in [-0.2, -0.15) is 0 Å². The molecule has 1 aliphatic heterocycles. The highest BCUT2D eigenvalue weighted by Crippen LogP contribution is 2.23. The van der Waals surface area contributed by atoms with E-state index in [4.69, 9.17) is 18.0 Å². The van der Waals surface area contributed by atoms with Crippen molar-refractivity contribution in [1.82, 2.24) is 14.9 Å². The van der Waals surface area contributed by atoms with Gasteiger partial charge in [-0.15, -0.1) is 0 Å². The summed E-state index contributed by atoms with van der Waals surface area (Å²) in [6.45, 7) is 8.01. The van der Waals surface area contributed by atoms with Crippen molar-refractivity contribution < 1.29 is 0 Å². The Labute approximate surface area is 101 Å². The first-order chi connectivity index (χ1) is 7.41. The lowest BCUT2D eigenvalue weighted by atomic mass is 10.1. The molecule has 0 fully saturated rings. The predicted molar refractivity (Wildman–Crippen MR) is 67.9 cm³/mol. The maximum Gasteiger partial charge on any atom is 0.201 e. The summed E-state index contributed by atoms with van der Waals surface area (Å²) < 4.78 is 2.79. The molecule has 0 aliphatic carbocycles. The van der Waals surface area contributed by atoms with Crippen molar-refractivity contribution in [2.45, 2.75) is 39.3 Å². The molecule has 0 bridgehead atoms. The van der Waals surface area contributed by atoms with Gasteiger partial charge in [-0.25, -0.2) is 4.98 Å². The molecule has 0 spiro atoms. The molecule has 0 radical (unpaired) electrons. The van der Waals surface area contributed by atoms with Crippen LogP contribution in [0.5, 0.6) is 0 Å². The van der Waals surface area contributed by atoms with Gasteiger partial charge in [-0.1, -0.05) is 12.2 Å². The van der Waals surface area contributed by atoms with Gasteiger partial charge in [0.15, 0.2) is 0 Å². The number of rotatable bonds is 0. The topological polar surface area (TPSA) is 55.9 Å². The first-order valence-electron chi connectivity index (χ1n) is 5.53. The van der Waals surface area contributed by atoms with Gasteiger partial charge in [0.1, 0.15) is 4.64 Å². The van der Waals surface area contributed by atoms with Crippen LogP contribution < -0.4 is 11.1 Å². The molecular weight excluding hydrogens is 220 g/mol. The second kappa shape index (κ2) is 3.82. The molecular formula is C11H18N4S. The third-order valence-corrected chi connectivity index (χ3v) is 3.23. The van der Waals surface area contributed by atoms with E-state index in [-0.39, 0.29) is 5.54 Å². The number of nitrogens with two attached hydrogens (primary N) is 1. The van der Waals surface area contributed by atoms with E-state index in [1.807, 2.05) is 4.57 Å². The number of aromatic nitrogens is 2. The van der Waals surface area contributed by atoms with Crippen LogP contribution in [0.1, 0.15) is 32.0 Å². The largest absolute Gasteiger partial charge is 0.369 e. The maximum atomic E-state index is 5.99. The molecule has 1 aromatic heterocycles. The van der Waals surface area contributed by atoms with Crippen LogP contribution in [-0.4, -0.2) is 16.1 Å². The fraction of sp³-hybridized carbons (Fsp3) is 0.636. The van der Waals surface area contributed by atoms with Gasteiger partial charge in [0.05, 0.1) is 5.69 Å². The molecule has 0 saturated heterocycles. The zero-order valence-corrected chi connectivity index (χ0v) is 10.8. The third kappa shape index (κ3) is 1.85. The van der Waals surface area contributed by atoms with Crippen LogP contribution in [0.25, 0.3) is 0 Å². The Kier molecular flexibility index (Phi) is 2.75. The van der Waals surface area contributed by atoms with E-state index in [1.54, 1.807) is 0 Å². The standard InChI is InChI=1S/C11H18N4S/c1-11(2,3)15-9(16)7-4-5-13-6-8(7)14-10(15)12/h13H,4-6H2,1-3H3,(H2,12,14). The molecule has 0 saturated carbocycles. The van der Waals surface area contributed by atoms with Crippen molar-refractivity contribution >= 4 is 18.2 Å². The molecule has 2 heterocycles. The second-order valence-electron chi connectivity index (χ2n) is 5.13. The van der Waals surface area contributed by atoms with E-state index in [9.17, 15) is 0 Å². The summed E-state index contributed by atoms with van der Waals surface area (Å²) in [5.41, 5.74) is 8.06. The van der Waals surface area contributed by atoms with Crippen LogP contribution in [0, 0.1) is 4.64 Å². The van der Waals surface area contributed by atoms with E-state index >= 15 is 0 Å². The number of nitrogens with one attached hydrogen (secondary N) is 1. The van der Waals surface area contributed by atoms with Crippen molar-refractivity contribution in [2.75, 3.05) is 12.3 Å². The molecule has 5 heteroatoms. The van der Waals surface area contributed by atoms with Gasteiger partial charge < -0.3 is 11.1 Å². The Morgan fingerprint density at radius 2 is 2.12 bits per heavy atom. The van der Waals surface area contributed by atoms with E-state index in [0.717, 1.165) is 29.8 Å². The average molecular weight is 238 g/mol. The lowest BCUT2D eigenvalue weighted by Crippen LogP contribution is -2.32. The van der Waals surface area contributed by atoms with Gasteiger partial charge in [0.25, 0.3) is 0 Å². The highest BCUT2D eigenvalue weighted by molar-refractivity contribution is 7.71. The summed E-state index contributed by atoms with van der Waals surface area (Å²) >= 11 is 5.53. The monoisotopic (exact) mass is 238 g/mol. The molecule has 1 aliphatic rings. The average Bonchev–Trinajstić information content (AvgIpc) is 2.15. The van der Waals surface area contributed by atoms with Crippen molar-refractivity contribution in [3.05, 3.63) is 15.9 Å². The summed E-state index contributed by atoms with van der Waals surface area (Å²) in [5, 5.41) is 3.28. The van der Waals surface area contributed by atoms with Crippen molar-refractivity contribution in [1.29, 1.82) is 0 Å². The normalized spacial score (nSPS) is 15.9. The molecule has 0 atom stereocenters. The lowest BCUT2D eigenvalue weighted by Gasteiger charge is -2.28. The molecule has 0 amide bonds. The summed E-state index contributed by atoms with van der Waals surface area (Å²) in [6, 6.07) is 0. The van der Waals surface area contributed by atoms with Gasteiger partial charge in [0.2, 0.25) is 5.95 Å². The fourth-order valence-electron chi connectivity index (χ4n) is 2.08. The molecule has 3 N–H and O–H groups in total. The summed E-state index contributed by atoms with van der Waals surface area (Å²) in [7, 11) is 0.